The SMILES string of the molecule is NC(=O)c1c(F)c(F)c(N=C(N)N=C(N)N)c(F)c1F. The Balaban J connectivity index is 3.60. The lowest BCUT2D eigenvalue weighted by Gasteiger charge is -2.07. The fourth-order valence-electron chi connectivity index (χ4n) is 1.21. The van der Waals surface area contributed by atoms with E-state index in [0.29, 0.717) is 0 Å². The topological polar surface area (TPSA) is 146 Å². The molecule has 108 valence electrons. The van der Waals surface area contributed by atoms with Crippen LogP contribution in [0.2, 0.25) is 0 Å². The zero-order chi connectivity index (χ0) is 15.6. The Bertz CT molecular complexity index is 609. The maximum Gasteiger partial charge on any atom is 0.254 e. The molecule has 0 aliphatic rings. The van der Waals surface area contributed by atoms with E-state index in [1.54, 1.807) is 0 Å². The van der Waals surface area contributed by atoms with Crippen molar-refractivity contribution in [3.8, 4) is 0 Å². The van der Waals surface area contributed by atoms with Gasteiger partial charge in [0.05, 0.1) is 0 Å². The van der Waals surface area contributed by atoms with E-state index in [-0.39, 0.29) is 0 Å². The highest BCUT2D eigenvalue weighted by Gasteiger charge is 2.28. The van der Waals surface area contributed by atoms with Crippen molar-refractivity contribution in [3.63, 3.8) is 0 Å². The number of nitrogens with two attached hydrogens (primary N) is 4. The Labute approximate surface area is 109 Å². The fourth-order valence-corrected chi connectivity index (χ4v) is 1.21. The average molecular weight is 292 g/mol. The number of nitrogens with zero attached hydrogens (tertiary/aromatic N) is 2. The van der Waals surface area contributed by atoms with Gasteiger partial charge in [-0.3, -0.25) is 4.79 Å². The van der Waals surface area contributed by atoms with Gasteiger partial charge in [0.25, 0.3) is 5.91 Å². The minimum atomic E-state index is -2.01. The summed E-state index contributed by atoms with van der Waals surface area (Å²) in [5, 5.41) is 0. The summed E-state index contributed by atoms with van der Waals surface area (Å²) >= 11 is 0. The van der Waals surface area contributed by atoms with Crippen LogP contribution in [0.1, 0.15) is 10.4 Å². The number of hydrogen-bond acceptors (Lipinski definition) is 2. The third-order valence-electron chi connectivity index (χ3n) is 1.96. The Hall–Kier alpha value is -2.85. The number of aliphatic imine (C=N–C) groups is 2. The summed E-state index contributed by atoms with van der Waals surface area (Å²) in [6.45, 7) is 0. The van der Waals surface area contributed by atoms with Crippen LogP contribution in [0.25, 0.3) is 0 Å². The summed E-state index contributed by atoms with van der Waals surface area (Å²) in [6.07, 6.45) is 0. The normalized spacial score (nSPS) is 11.3. The number of carbonyl (C=O) groups is 1. The molecule has 8 N–H and O–H groups in total. The van der Waals surface area contributed by atoms with E-state index >= 15 is 0 Å². The van der Waals surface area contributed by atoms with Gasteiger partial charge in [-0.05, 0) is 0 Å². The Morgan fingerprint density at radius 3 is 1.65 bits per heavy atom. The molecule has 1 aromatic carbocycles. The standard InChI is InChI=1S/C9H8F4N6O/c10-2-1(7(14)20)3(11)5(13)6(4(2)12)18-9(17)19-8(15)16/h(H2,14,20)(H6,15,16,17,18,19). The van der Waals surface area contributed by atoms with Crippen molar-refractivity contribution < 1.29 is 22.4 Å². The smallest absolute Gasteiger partial charge is 0.254 e. The number of rotatable bonds is 2. The van der Waals surface area contributed by atoms with Gasteiger partial charge in [0.15, 0.2) is 29.2 Å². The van der Waals surface area contributed by atoms with Crippen molar-refractivity contribution in [2.75, 3.05) is 0 Å². The predicted octanol–water partition coefficient (Wildman–Crippen LogP) is -0.439. The van der Waals surface area contributed by atoms with E-state index in [4.69, 9.17) is 17.2 Å². The monoisotopic (exact) mass is 292 g/mol. The first-order valence-corrected chi connectivity index (χ1v) is 4.76. The van der Waals surface area contributed by atoms with Gasteiger partial charge in [0, 0.05) is 0 Å². The maximum absolute atomic E-state index is 13.5. The number of primary amides is 1. The molecule has 0 atom stereocenters. The number of benzene rings is 1. The summed E-state index contributed by atoms with van der Waals surface area (Å²) in [6, 6.07) is 0. The maximum atomic E-state index is 13.5. The van der Waals surface area contributed by atoms with Gasteiger partial charge in [-0.15, -0.1) is 0 Å². The number of amides is 1. The summed E-state index contributed by atoms with van der Waals surface area (Å²) in [7, 11) is 0. The molecule has 11 heteroatoms. The number of guanidine groups is 2. The summed E-state index contributed by atoms with van der Waals surface area (Å²) in [5.41, 5.74) is 16.5. The highest BCUT2D eigenvalue weighted by molar-refractivity contribution is 5.95. The molecule has 1 aromatic rings. The van der Waals surface area contributed by atoms with Crippen LogP contribution in [0.3, 0.4) is 0 Å². The molecule has 0 aliphatic heterocycles. The van der Waals surface area contributed by atoms with Crippen LogP contribution in [0, 0.1) is 23.3 Å². The van der Waals surface area contributed by atoms with Gasteiger partial charge in [-0.1, -0.05) is 0 Å². The Morgan fingerprint density at radius 1 is 0.850 bits per heavy atom. The molecule has 0 fully saturated rings. The fraction of sp³-hybridized carbons (Fsp3) is 0. The molecular weight excluding hydrogens is 284 g/mol. The van der Waals surface area contributed by atoms with Crippen molar-refractivity contribution in [1.82, 2.24) is 0 Å². The van der Waals surface area contributed by atoms with Crippen molar-refractivity contribution >= 4 is 23.5 Å². The van der Waals surface area contributed by atoms with E-state index in [0.717, 1.165) is 0 Å². The molecule has 7 nitrogen and oxygen atoms in total. The Kier molecular flexibility index (Phi) is 4.12. The van der Waals surface area contributed by atoms with Crippen LogP contribution in [0.15, 0.2) is 9.98 Å². The van der Waals surface area contributed by atoms with Gasteiger partial charge in [-0.2, -0.15) is 4.99 Å². The lowest BCUT2D eigenvalue weighted by Crippen LogP contribution is -2.26. The van der Waals surface area contributed by atoms with Gasteiger partial charge in [-0.25, -0.2) is 22.6 Å². The minimum absolute atomic E-state index is 0.596. The second-order valence-electron chi connectivity index (χ2n) is 3.35. The van der Waals surface area contributed by atoms with E-state index in [9.17, 15) is 22.4 Å². The third kappa shape index (κ3) is 2.76. The molecule has 0 bridgehead atoms. The van der Waals surface area contributed by atoms with Crippen molar-refractivity contribution in [2.24, 2.45) is 32.9 Å². The van der Waals surface area contributed by atoms with Gasteiger partial charge < -0.3 is 22.9 Å². The molecule has 0 spiro atoms. The first kappa shape index (κ1) is 15.2. The van der Waals surface area contributed by atoms with Crippen LogP contribution < -0.4 is 22.9 Å². The minimum Gasteiger partial charge on any atom is -0.370 e. The summed E-state index contributed by atoms with van der Waals surface area (Å²) in [4.78, 5) is 16.8. The van der Waals surface area contributed by atoms with Crippen LogP contribution in [-0.2, 0) is 0 Å². The number of hydrogen-bond donors (Lipinski definition) is 4. The Morgan fingerprint density at radius 2 is 1.30 bits per heavy atom. The number of halogens is 4. The molecule has 0 unspecified atom stereocenters. The van der Waals surface area contributed by atoms with E-state index in [1.165, 1.54) is 0 Å². The lowest BCUT2D eigenvalue weighted by atomic mass is 10.1. The molecule has 1 rings (SSSR count). The van der Waals surface area contributed by atoms with Crippen molar-refractivity contribution in [2.45, 2.75) is 0 Å². The number of carbonyl (C=O) groups excluding carboxylic acids is 1. The highest BCUT2D eigenvalue weighted by Crippen LogP contribution is 2.30. The van der Waals surface area contributed by atoms with Crippen LogP contribution in [0.5, 0.6) is 0 Å². The molecule has 0 saturated heterocycles. The predicted molar refractivity (Wildman–Crippen MR) is 61.9 cm³/mol. The third-order valence-corrected chi connectivity index (χ3v) is 1.96. The van der Waals surface area contributed by atoms with E-state index in [1.807, 2.05) is 0 Å². The highest BCUT2D eigenvalue weighted by atomic mass is 19.2. The molecule has 0 aromatic heterocycles. The zero-order valence-electron chi connectivity index (χ0n) is 9.62. The summed E-state index contributed by atoms with van der Waals surface area (Å²) < 4.78 is 53.8. The van der Waals surface area contributed by atoms with Crippen molar-refractivity contribution in [3.05, 3.63) is 28.8 Å². The average Bonchev–Trinajstić information content (AvgIpc) is 2.31. The van der Waals surface area contributed by atoms with Gasteiger partial charge >= 0.3 is 0 Å². The van der Waals surface area contributed by atoms with E-state index < -0.39 is 52.3 Å². The molecule has 0 heterocycles. The molecule has 1 amide bonds. The van der Waals surface area contributed by atoms with Crippen LogP contribution in [-0.4, -0.2) is 17.8 Å². The zero-order valence-corrected chi connectivity index (χ0v) is 9.62. The lowest BCUT2D eigenvalue weighted by molar-refractivity contribution is 0.0990. The van der Waals surface area contributed by atoms with Crippen molar-refractivity contribution in [1.29, 1.82) is 0 Å². The molecule has 0 saturated carbocycles. The second-order valence-corrected chi connectivity index (χ2v) is 3.35. The molecule has 20 heavy (non-hydrogen) atoms. The largest absolute Gasteiger partial charge is 0.370 e. The molecule has 0 radical (unpaired) electrons. The summed E-state index contributed by atoms with van der Waals surface area (Å²) in [5.74, 6) is -11.1. The second kappa shape index (κ2) is 5.42. The first-order valence-electron chi connectivity index (χ1n) is 4.76. The molecule has 0 aliphatic carbocycles. The van der Waals surface area contributed by atoms with Crippen LogP contribution in [0.4, 0.5) is 23.2 Å². The first-order chi connectivity index (χ1) is 9.16. The van der Waals surface area contributed by atoms with Gasteiger partial charge in [0.1, 0.15) is 11.3 Å². The molecular formula is C9H8F4N6O. The van der Waals surface area contributed by atoms with Crippen LogP contribution >= 0.6 is 0 Å². The van der Waals surface area contributed by atoms with E-state index in [2.05, 4.69) is 15.7 Å². The quantitative estimate of drug-likeness (QED) is 0.253. The van der Waals surface area contributed by atoms with Gasteiger partial charge in [0.2, 0.25) is 5.96 Å².